The molecule has 0 aliphatic heterocycles. The molecule has 0 spiro atoms. The van der Waals surface area contributed by atoms with E-state index < -0.39 is 0 Å². The van der Waals surface area contributed by atoms with Gasteiger partial charge in [0, 0.05) is 17.5 Å². The summed E-state index contributed by atoms with van der Waals surface area (Å²) in [4.78, 5) is 8.73. The Morgan fingerprint density at radius 1 is 1.33 bits per heavy atom. The van der Waals surface area contributed by atoms with Gasteiger partial charge in [0.25, 0.3) is 0 Å². The van der Waals surface area contributed by atoms with E-state index in [-0.39, 0.29) is 0 Å². The number of hydrogen-bond acceptors (Lipinski definition) is 5. The van der Waals surface area contributed by atoms with Crippen LogP contribution in [0.15, 0.2) is 23.7 Å². The lowest BCUT2D eigenvalue weighted by molar-refractivity contribution is 0.300. The van der Waals surface area contributed by atoms with Crippen LogP contribution in [-0.4, -0.2) is 16.5 Å². The van der Waals surface area contributed by atoms with Crippen molar-refractivity contribution in [3.8, 4) is 5.75 Å². The van der Waals surface area contributed by atoms with Gasteiger partial charge in [-0.15, -0.1) is 11.3 Å². The highest BCUT2D eigenvalue weighted by atomic mass is 32.1. The molecule has 96 valence electrons. The topological polar surface area (TPSA) is 61.0 Å². The molecule has 0 fully saturated rings. The minimum Gasteiger partial charge on any atom is -0.486 e. The summed E-state index contributed by atoms with van der Waals surface area (Å²) in [6.45, 7) is 3.21. The molecule has 0 radical (unpaired) electrons. The van der Waals surface area contributed by atoms with Gasteiger partial charge in [-0.2, -0.15) is 0 Å². The van der Waals surface area contributed by atoms with Crippen LogP contribution in [-0.2, 0) is 19.4 Å². The number of aromatic nitrogens is 2. The summed E-state index contributed by atoms with van der Waals surface area (Å²) >= 11 is 1.67. The first-order valence-electron chi connectivity index (χ1n) is 6.03. The molecular formula is C13H17N3OS. The summed E-state index contributed by atoms with van der Waals surface area (Å²) in [5.74, 6) is 0.766. The Morgan fingerprint density at radius 2 is 2.22 bits per heavy atom. The van der Waals surface area contributed by atoms with Gasteiger partial charge in [0.15, 0.2) is 0 Å². The number of pyridine rings is 1. The molecule has 2 heterocycles. The van der Waals surface area contributed by atoms with E-state index in [0.717, 1.165) is 35.0 Å². The number of thiazole rings is 1. The van der Waals surface area contributed by atoms with E-state index in [9.17, 15) is 0 Å². The molecule has 0 unspecified atom stereocenters. The number of ether oxygens (including phenoxy) is 1. The van der Waals surface area contributed by atoms with Crippen molar-refractivity contribution in [3.63, 3.8) is 0 Å². The average Bonchev–Trinajstić information content (AvgIpc) is 2.86. The SMILES string of the molecule is CCc1nc(COc2ccc(CCN)nc2)cs1. The third-order valence-electron chi connectivity index (χ3n) is 2.49. The van der Waals surface area contributed by atoms with Gasteiger partial charge < -0.3 is 10.5 Å². The summed E-state index contributed by atoms with van der Waals surface area (Å²) in [7, 11) is 0. The Kier molecular flexibility index (Phi) is 4.66. The Balaban J connectivity index is 1.89. The predicted octanol–water partition coefficient (Wildman–Crippen LogP) is 2.18. The standard InChI is InChI=1S/C13H17N3OS/c1-2-13-16-11(9-18-13)8-17-12-4-3-10(5-6-14)15-7-12/h3-4,7,9H,2,5-6,8,14H2,1H3. The lowest BCUT2D eigenvalue weighted by atomic mass is 10.3. The monoisotopic (exact) mass is 263 g/mol. The van der Waals surface area contributed by atoms with Crippen LogP contribution in [0.4, 0.5) is 0 Å². The van der Waals surface area contributed by atoms with Gasteiger partial charge in [-0.05, 0) is 25.1 Å². The van der Waals surface area contributed by atoms with E-state index in [4.69, 9.17) is 10.5 Å². The second-order valence-corrected chi connectivity index (χ2v) is 4.84. The van der Waals surface area contributed by atoms with Crippen molar-refractivity contribution >= 4 is 11.3 Å². The Labute approximate surface area is 111 Å². The molecule has 0 saturated heterocycles. The van der Waals surface area contributed by atoms with Gasteiger partial charge in [-0.3, -0.25) is 4.98 Å². The zero-order chi connectivity index (χ0) is 12.8. The van der Waals surface area contributed by atoms with Crippen LogP contribution in [0.1, 0.15) is 23.3 Å². The van der Waals surface area contributed by atoms with Crippen molar-refractivity contribution in [2.24, 2.45) is 5.73 Å². The maximum absolute atomic E-state index is 5.63. The molecule has 0 aromatic carbocycles. The van der Waals surface area contributed by atoms with Gasteiger partial charge in [0.2, 0.25) is 0 Å². The van der Waals surface area contributed by atoms with Crippen molar-refractivity contribution < 1.29 is 4.74 Å². The highest BCUT2D eigenvalue weighted by Crippen LogP contribution is 2.14. The molecular weight excluding hydrogens is 246 g/mol. The van der Waals surface area contributed by atoms with Gasteiger partial charge in [0.1, 0.15) is 12.4 Å². The maximum Gasteiger partial charge on any atom is 0.138 e. The number of hydrogen-bond donors (Lipinski definition) is 1. The molecule has 0 atom stereocenters. The highest BCUT2D eigenvalue weighted by Gasteiger charge is 2.02. The van der Waals surface area contributed by atoms with Gasteiger partial charge in [0.05, 0.1) is 16.9 Å². The fourth-order valence-corrected chi connectivity index (χ4v) is 2.26. The minimum atomic E-state index is 0.494. The Hall–Kier alpha value is -1.46. The summed E-state index contributed by atoms with van der Waals surface area (Å²) in [5.41, 5.74) is 7.44. The molecule has 0 bridgehead atoms. The second-order valence-electron chi connectivity index (χ2n) is 3.90. The van der Waals surface area contributed by atoms with Crippen molar-refractivity contribution in [2.75, 3.05) is 6.54 Å². The van der Waals surface area contributed by atoms with Crippen LogP contribution in [0, 0.1) is 0 Å². The molecule has 4 nitrogen and oxygen atoms in total. The van der Waals surface area contributed by atoms with Crippen LogP contribution in [0.2, 0.25) is 0 Å². The third kappa shape index (κ3) is 3.51. The zero-order valence-electron chi connectivity index (χ0n) is 10.4. The number of nitrogens with zero attached hydrogens (tertiary/aromatic N) is 2. The van der Waals surface area contributed by atoms with Gasteiger partial charge >= 0.3 is 0 Å². The molecule has 0 aliphatic rings. The van der Waals surface area contributed by atoms with Crippen LogP contribution >= 0.6 is 11.3 Å². The Bertz CT molecular complexity index is 481. The van der Waals surface area contributed by atoms with Crippen molar-refractivity contribution in [3.05, 3.63) is 40.1 Å². The number of nitrogens with two attached hydrogens (primary N) is 1. The molecule has 0 aliphatic carbocycles. The van der Waals surface area contributed by atoms with E-state index in [1.54, 1.807) is 17.5 Å². The molecule has 0 amide bonds. The van der Waals surface area contributed by atoms with Crippen molar-refractivity contribution in [2.45, 2.75) is 26.4 Å². The predicted molar refractivity (Wildman–Crippen MR) is 72.8 cm³/mol. The highest BCUT2D eigenvalue weighted by molar-refractivity contribution is 7.09. The van der Waals surface area contributed by atoms with Crippen LogP contribution in [0.5, 0.6) is 5.75 Å². The third-order valence-corrected chi connectivity index (χ3v) is 3.53. The fourth-order valence-electron chi connectivity index (χ4n) is 1.53. The maximum atomic E-state index is 5.63. The van der Waals surface area contributed by atoms with Gasteiger partial charge in [-0.1, -0.05) is 6.92 Å². The fraction of sp³-hybridized carbons (Fsp3) is 0.385. The van der Waals surface area contributed by atoms with E-state index in [1.165, 1.54) is 0 Å². The van der Waals surface area contributed by atoms with Crippen molar-refractivity contribution in [1.29, 1.82) is 0 Å². The van der Waals surface area contributed by atoms with Crippen molar-refractivity contribution in [1.82, 2.24) is 9.97 Å². The summed E-state index contributed by atoms with van der Waals surface area (Å²) in [6.07, 6.45) is 3.50. The Morgan fingerprint density at radius 3 is 2.83 bits per heavy atom. The van der Waals surface area contributed by atoms with Crippen LogP contribution < -0.4 is 10.5 Å². The minimum absolute atomic E-state index is 0.494. The first kappa shape index (κ1) is 13.0. The van der Waals surface area contributed by atoms with Crippen LogP contribution in [0.3, 0.4) is 0 Å². The lowest BCUT2D eigenvalue weighted by Crippen LogP contribution is -2.04. The zero-order valence-corrected chi connectivity index (χ0v) is 11.2. The number of aryl methyl sites for hydroxylation is 1. The molecule has 2 rings (SSSR count). The summed E-state index contributed by atoms with van der Waals surface area (Å²) in [5, 5.41) is 3.18. The first-order chi connectivity index (χ1) is 8.81. The average molecular weight is 263 g/mol. The number of rotatable bonds is 6. The molecule has 5 heteroatoms. The normalized spacial score (nSPS) is 10.6. The largest absolute Gasteiger partial charge is 0.486 e. The van der Waals surface area contributed by atoms with E-state index in [0.29, 0.717) is 13.2 Å². The van der Waals surface area contributed by atoms with E-state index >= 15 is 0 Å². The van der Waals surface area contributed by atoms with Crippen LogP contribution in [0.25, 0.3) is 0 Å². The molecule has 0 saturated carbocycles. The summed E-state index contributed by atoms with van der Waals surface area (Å²) < 4.78 is 5.63. The molecule has 2 N–H and O–H groups in total. The first-order valence-corrected chi connectivity index (χ1v) is 6.91. The molecule has 18 heavy (non-hydrogen) atoms. The molecule has 2 aromatic rings. The second kappa shape index (κ2) is 6.47. The van der Waals surface area contributed by atoms with E-state index in [1.807, 2.05) is 17.5 Å². The smallest absolute Gasteiger partial charge is 0.138 e. The van der Waals surface area contributed by atoms with Gasteiger partial charge in [-0.25, -0.2) is 4.98 Å². The molecule has 2 aromatic heterocycles. The summed E-state index contributed by atoms with van der Waals surface area (Å²) in [6, 6.07) is 3.87. The quantitative estimate of drug-likeness (QED) is 0.867. The lowest BCUT2D eigenvalue weighted by Gasteiger charge is -2.04. The van der Waals surface area contributed by atoms with E-state index in [2.05, 4.69) is 16.9 Å².